The van der Waals surface area contributed by atoms with E-state index in [2.05, 4.69) is 27.5 Å². The van der Waals surface area contributed by atoms with Crippen LogP contribution in [0.25, 0.3) is 0 Å². The minimum atomic E-state index is -0.271. The van der Waals surface area contributed by atoms with E-state index < -0.39 is 0 Å². The van der Waals surface area contributed by atoms with Crippen molar-refractivity contribution in [2.24, 2.45) is 0 Å². The van der Waals surface area contributed by atoms with Crippen LogP contribution < -0.4 is 5.32 Å². The molecule has 2 heterocycles. The molecule has 0 bridgehead atoms. The van der Waals surface area contributed by atoms with Crippen LogP contribution in [0.15, 0.2) is 30.3 Å². The lowest BCUT2D eigenvalue weighted by Crippen LogP contribution is -2.47. The molecule has 0 atom stereocenters. The summed E-state index contributed by atoms with van der Waals surface area (Å²) in [6, 6.07) is 9.09. The Morgan fingerprint density at radius 2 is 1.96 bits per heavy atom. The lowest BCUT2D eigenvalue weighted by atomic mass is 10.1. The Balaban J connectivity index is 1.61. The van der Waals surface area contributed by atoms with Gasteiger partial charge >= 0.3 is 0 Å². The molecule has 3 rings (SSSR count). The van der Waals surface area contributed by atoms with Crippen LogP contribution in [0.5, 0.6) is 0 Å². The lowest BCUT2D eigenvalue weighted by molar-refractivity contribution is -0.132. The highest BCUT2D eigenvalue weighted by molar-refractivity contribution is 6.03. The third kappa shape index (κ3) is 4.45. The van der Waals surface area contributed by atoms with Crippen LogP contribution in [-0.2, 0) is 11.2 Å². The predicted molar refractivity (Wildman–Crippen MR) is 95.5 cm³/mol. The molecule has 2 aromatic rings. The van der Waals surface area contributed by atoms with E-state index in [9.17, 15) is 9.59 Å². The smallest absolute Gasteiger partial charge is 0.276 e. The number of H-pyrrole nitrogens is 1. The summed E-state index contributed by atoms with van der Waals surface area (Å²) < 4.78 is 0. The molecule has 0 spiro atoms. The van der Waals surface area contributed by atoms with E-state index in [0.717, 1.165) is 37.4 Å². The van der Waals surface area contributed by atoms with E-state index in [-0.39, 0.29) is 11.8 Å². The molecular formula is C18H23N5O2. The molecule has 0 unspecified atom stereocenters. The molecule has 1 aromatic carbocycles. The minimum absolute atomic E-state index is 0.125. The average Bonchev–Trinajstić information content (AvgIpc) is 3.02. The van der Waals surface area contributed by atoms with Crippen molar-refractivity contribution in [1.82, 2.24) is 20.0 Å². The van der Waals surface area contributed by atoms with Crippen LogP contribution in [0.4, 0.5) is 5.69 Å². The van der Waals surface area contributed by atoms with Crippen molar-refractivity contribution in [3.63, 3.8) is 0 Å². The second kappa shape index (κ2) is 7.48. The first-order valence-corrected chi connectivity index (χ1v) is 8.40. The third-order valence-electron chi connectivity index (χ3n) is 4.33. The molecular weight excluding hydrogens is 318 g/mol. The number of rotatable bonds is 4. The SMILES string of the molecule is Cc1cc(C(=O)Nc2cccc(CC(=O)N3CCN(C)CC3)c2)n[nH]1. The molecule has 0 aliphatic carbocycles. The largest absolute Gasteiger partial charge is 0.340 e. The van der Waals surface area contributed by atoms with Crippen molar-refractivity contribution >= 4 is 17.5 Å². The number of carbonyl (C=O) groups is 2. The number of carbonyl (C=O) groups excluding carboxylic acids is 2. The summed E-state index contributed by atoms with van der Waals surface area (Å²) in [6.07, 6.45) is 0.342. The monoisotopic (exact) mass is 341 g/mol. The number of benzene rings is 1. The molecule has 1 fully saturated rings. The molecule has 1 aliphatic heterocycles. The number of nitrogens with one attached hydrogen (secondary N) is 2. The Morgan fingerprint density at radius 3 is 2.64 bits per heavy atom. The number of nitrogens with zero attached hydrogens (tertiary/aromatic N) is 3. The highest BCUT2D eigenvalue weighted by atomic mass is 16.2. The van der Waals surface area contributed by atoms with Gasteiger partial charge in [0.2, 0.25) is 5.91 Å². The molecule has 2 amide bonds. The van der Waals surface area contributed by atoms with E-state index in [4.69, 9.17) is 0 Å². The molecule has 2 N–H and O–H groups in total. The summed E-state index contributed by atoms with van der Waals surface area (Å²) in [7, 11) is 2.06. The maximum absolute atomic E-state index is 12.4. The first-order valence-electron chi connectivity index (χ1n) is 8.40. The maximum Gasteiger partial charge on any atom is 0.276 e. The first kappa shape index (κ1) is 17.2. The van der Waals surface area contributed by atoms with Crippen LogP contribution in [0.3, 0.4) is 0 Å². The van der Waals surface area contributed by atoms with Gasteiger partial charge in [-0.2, -0.15) is 5.10 Å². The standard InChI is InChI=1S/C18H23N5O2/c1-13-10-16(21-20-13)18(25)19-15-5-3-4-14(11-15)12-17(24)23-8-6-22(2)7-9-23/h3-5,10-11H,6-9,12H2,1-2H3,(H,19,25)(H,20,21). The van der Waals surface area contributed by atoms with E-state index in [0.29, 0.717) is 17.8 Å². The molecule has 7 nitrogen and oxygen atoms in total. The highest BCUT2D eigenvalue weighted by Crippen LogP contribution is 2.14. The van der Waals surface area contributed by atoms with Crippen molar-refractivity contribution in [1.29, 1.82) is 0 Å². The third-order valence-corrected chi connectivity index (χ3v) is 4.33. The Morgan fingerprint density at radius 1 is 1.20 bits per heavy atom. The fourth-order valence-corrected chi connectivity index (χ4v) is 2.83. The number of hydrogen-bond donors (Lipinski definition) is 2. The molecule has 0 saturated carbocycles. The zero-order chi connectivity index (χ0) is 17.8. The van der Waals surface area contributed by atoms with Crippen molar-refractivity contribution in [2.45, 2.75) is 13.3 Å². The molecule has 132 valence electrons. The fourth-order valence-electron chi connectivity index (χ4n) is 2.83. The van der Waals surface area contributed by atoms with Gasteiger partial charge in [0.25, 0.3) is 5.91 Å². The van der Waals surface area contributed by atoms with Gasteiger partial charge in [-0.3, -0.25) is 14.7 Å². The number of piperazine rings is 1. The van der Waals surface area contributed by atoms with Gasteiger partial charge in [0, 0.05) is 37.6 Å². The number of amides is 2. The number of aromatic nitrogens is 2. The molecule has 25 heavy (non-hydrogen) atoms. The van der Waals surface area contributed by atoms with Crippen LogP contribution in [0.1, 0.15) is 21.7 Å². The van der Waals surface area contributed by atoms with Gasteiger partial charge in [-0.25, -0.2) is 0 Å². The summed E-state index contributed by atoms with van der Waals surface area (Å²) in [4.78, 5) is 28.7. The minimum Gasteiger partial charge on any atom is -0.340 e. The van der Waals surface area contributed by atoms with Gasteiger partial charge in [0.15, 0.2) is 5.69 Å². The number of aryl methyl sites for hydroxylation is 1. The molecule has 7 heteroatoms. The van der Waals surface area contributed by atoms with Gasteiger partial charge in [-0.1, -0.05) is 12.1 Å². The zero-order valence-electron chi connectivity index (χ0n) is 14.6. The normalized spacial score (nSPS) is 15.2. The molecule has 1 saturated heterocycles. The number of hydrogen-bond acceptors (Lipinski definition) is 4. The quantitative estimate of drug-likeness (QED) is 0.878. The van der Waals surface area contributed by atoms with Gasteiger partial charge in [-0.15, -0.1) is 0 Å². The number of anilines is 1. The van der Waals surface area contributed by atoms with Crippen molar-refractivity contribution < 1.29 is 9.59 Å². The fraction of sp³-hybridized carbons (Fsp3) is 0.389. The zero-order valence-corrected chi connectivity index (χ0v) is 14.6. The van der Waals surface area contributed by atoms with Crippen molar-refractivity contribution in [2.75, 3.05) is 38.5 Å². The van der Waals surface area contributed by atoms with Crippen LogP contribution in [0.2, 0.25) is 0 Å². The maximum atomic E-state index is 12.4. The Labute approximate surface area is 147 Å². The van der Waals surface area contributed by atoms with Gasteiger partial charge in [-0.05, 0) is 37.7 Å². The Hall–Kier alpha value is -2.67. The van der Waals surface area contributed by atoms with Gasteiger partial charge < -0.3 is 15.1 Å². The lowest BCUT2D eigenvalue weighted by Gasteiger charge is -2.32. The van der Waals surface area contributed by atoms with Crippen molar-refractivity contribution in [3.8, 4) is 0 Å². The summed E-state index contributed by atoms with van der Waals surface area (Å²) in [6.45, 7) is 5.19. The highest BCUT2D eigenvalue weighted by Gasteiger charge is 2.19. The number of aromatic amines is 1. The van der Waals surface area contributed by atoms with Gasteiger partial charge in [0.05, 0.1) is 6.42 Å². The van der Waals surface area contributed by atoms with Crippen LogP contribution in [0, 0.1) is 6.92 Å². The second-order valence-electron chi connectivity index (χ2n) is 6.45. The van der Waals surface area contributed by atoms with E-state index in [1.54, 1.807) is 12.1 Å². The van der Waals surface area contributed by atoms with Gasteiger partial charge in [0.1, 0.15) is 0 Å². The molecule has 1 aromatic heterocycles. The Bertz CT molecular complexity index is 762. The van der Waals surface area contributed by atoms with E-state index in [1.807, 2.05) is 30.0 Å². The summed E-state index contributed by atoms with van der Waals surface area (Å²) in [5.74, 6) is -0.147. The topological polar surface area (TPSA) is 81.3 Å². The Kier molecular flexibility index (Phi) is 5.14. The molecule has 0 radical (unpaired) electrons. The number of likely N-dealkylation sites (N-methyl/N-ethyl adjacent to an activating group) is 1. The van der Waals surface area contributed by atoms with Crippen molar-refractivity contribution in [3.05, 3.63) is 47.3 Å². The average molecular weight is 341 g/mol. The second-order valence-corrected chi connectivity index (χ2v) is 6.45. The first-order chi connectivity index (χ1) is 12.0. The van der Waals surface area contributed by atoms with E-state index >= 15 is 0 Å². The molecule has 1 aliphatic rings. The van der Waals surface area contributed by atoms with Crippen LogP contribution >= 0.6 is 0 Å². The summed E-state index contributed by atoms with van der Waals surface area (Å²) in [5, 5.41) is 9.51. The summed E-state index contributed by atoms with van der Waals surface area (Å²) in [5.41, 5.74) is 2.72. The predicted octanol–water partition coefficient (Wildman–Crippen LogP) is 1.29. The summed E-state index contributed by atoms with van der Waals surface area (Å²) >= 11 is 0. The van der Waals surface area contributed by atoms with Crippen LogP contribution in [-0.4, -0.2) is 65.0 Å². The van der Waals surface area contributed by atoms with E-state index in [1.165, 1.54) is 0 Å².